The molecule has 1 aromatic heterocycles. The number of aliphatic carboxylic acids is 2. The minimum absolute atomic E-state index is 0.0958. The fourth-order valence-corrected chi connectivity index (χ4v) is 5.40. The molecule has 14 nitrogen and oxygen atoms in total. The highest BCUT2D eigenvalue weighted by molar-refractivity contribution is 7.10. The number of carbonyl (C=O) groups is 6. The third-order valence-corrected chi connectivity index (χ3v) is 8.62. The second-order valence-electron chi connectivity index (χ2n) is 11.8. The Morgan fingerprint density at radius 2 is 1.60 bits per heavy atom. The quantitative estimate of drug-likeness (QED) is 0.0994. The normalized spacial score (nSPS) is 16.6. The van der Waals surface area contributed by atoms with E-state index in [0.717, 1.165) is 0 Å². The van der Waals surface area contributed by atoms with E-state index in [2.05, 4.69) is 21.3 Å². The third-order valence-electron chi connectivity index (χ3n) is 7.52. The van der Waals surface area contributed by atoms with Gasteiger partial charge in [0, 0.05) is 11.3 Å². The minimum Gasteiger partial charge on any atom is -0.481 e. The molecule has 1 rings (SSSR count). The van der Waals surface area contributed by atoms with Gasteiger partial charge in [0.25, 0.3) is 11.8 Å². The maximum atomic E-state index is 14.0. The number of carboxylic acid groups (broad SMARTS) is 2. The predicted octanol–water partition coefficient (Wildman–Crippen LogP) is 1.06. The van der Waals surface area contributed by atoms with Crippen molar-refractivity contribution in [1.29, 1.82) is 0 Å². The molecule has 7 atom stereocenters. The van der Waals surface area contributed by atoms with Gasteiger partial charge in [-0.2, -0.15) is 0 Å². The van der Waals surface area contributed by atoms with Gasteiger partial charge in [0.05, 0.1) is 12.1 Å². The molecule has 0 spiro atoms. The highest BCUT2D eigenvalue weighted by atomic mass is 32.1. The Morgan fingerprint density at radius 3 is 2.09 bits per heavy atom. The molecule has 1 unspecified atom stereocenters. The number of aliphatic hydroxyl groups excluding tert-OH is 1. The van der Waals surface area contributed by atoms with E-state index in [1.165, 1.54) is 18.3 Å². The molecule has 0 radical (unpaired) electrons. The lowest BCUT2D eigenvalue weighted by Gasteiger charge is -2.35. The largest absolute Gasteiger partial charge is 0.481 e. The molecular formula is C30H49N5O9S. The Kier molecular flexibility index (Phi) is 16.2. The first-order valence-corrected chi connectivity index (χ1v) is 16.0. The lowest BCUT2D eigenvalue weighted by molar-refractivity contribution is -0.144. The van der Waals surface area contributed by atoms with Crippen LogP contribution in [0.2, 0.25) is 0 Å². The molecule has 15 heteroatoms. The van der Waals surface area contributed by atoms with Gasteiger partial charge in [0.1, 0.15) is 12.1 Å². The lowest BCUT2D eigenvalue weighted by atomic mass is 9.92. The van der Waals surface area contributed by atoms with Crippen LogP contribution in [0.15, 0.2) is 17.5 Å². The second-order valence-corrected chi connectivity index (χ2v) is 12.8. The van der Waals surface area contributed by atoms with E-state index in [4.69, 9.17) is 10.8 Å². The summed E-state index contributed by atoms with van der Waals surface area (Å²) in [5.41, 5.74) is 4.14. The van der Waals surface area contributed by atoms with Crippen LogP contribution in [0.25, 0.3) is 0 Å². The second kappa shape index (κ2) is 18.4. The summed E-state index contributed by atoms with van der Waals surface area (Å²) >= 11 is 1.18. The van der Waals surface area contributed by atoms with Crippen LogP contribution in [0.4, 0.5) is 0 Å². The molecule has 1 aromatic rings. The van der Waals surface area contributed by atoms with Crippen molar-refractivity contribution in [3.63, 3.8) is 0 Å². The fraction of sp³-hybridized carbons (Fsp3) is 0.667. The molecule has 0 aliphatic heterocycles. The smallest absolute Gasteiger partial charge is 0.326 e. The minimum atomic E-state index is -1.79. The van der Waals surface area contributed by atoms with E-state index in [1.54, 1.807) is 31.4 Å². The molecule has 0 fully saturated rings. The van der Waals surface area contributed by atoms with E-state index >= 15 is 0 Å². The van der Waals surface area contributed by atoms with Crippen LogP contribution < -0.4 is 27.0 Å². The van der Waals surface area contributed by atoms with Crippen molar-refractivity contribution in [1.82, 2.24) is 21.3 Å². The first kappa shape index (κ1) is 39.5. The van der Waals surface area contributed by atoms with Crippen LogP contribution in [0.1, 0.15) is 84.9 Å². The number of rotatable bonds is 20. The molecule has 45 heavy (non-hydrogen) atoms. The molecule has 0 saturated heterocycles. The highest BCUT2D eigenvalue weighted by Gasteiger charge is 2.43. The lowest BCUT2D eigenvalue weighted by Crippen LogP contribution is -2.63. The van der Waals surface area contributed by atoms with Gasteiger partial charge in [-0.25, -0.2) is 4.79 Å². The Hall–Kier alpha value is -3.56. The molecule has 9 N–H and O–H groups in total. The van der Waals surface area contributed by atoms with Crippen molar-refractivity contribution in [2.24, 2.45) is 17.6 Å². The van der Waals surface area contributed by atoms with Crippen molar-refractivity contribution in [3.05, 3.63) is 22.4 Å². The number of thiophene rings is 1. The first-order chi connectivity index (χ1) is 21.0. The van der Waals surface area contributed by atoms with Crippen LogP contribution in [-0.2, 0) is 34.3 Å². The fourth-order valence-electron chi connectivity index (χ4n) is 4.56. The zero-order chi connectivity index (χ0) is 34.5. The Balaban J connectivity index is 3.33. The van der Waals surface area contributed by atoms with Crippen molar-refractivity contribution < 1.29 is 44.1 Å². The van der Waals surface area contributed by atoms with Gasteiger partial charge in [0.2, 0.25) is 11.8 Å². The van der Waals surface area contributed by atoms with E-state index in [0.29, 0.717) is 17.7 Å². The Bertz CT molecular complexity index is 1160. The van der Waals surface area contributed by atoms with Gasteiger partial charge in [-0.1, -0.05) is 53.5 Å². The van der Waals surface area contributed by atoms with Gasteiger partial charge in [-0.3, -0.25) is 24.0 Å². The number of hydrogen-bond donors (Lipinski definition) is 8. The number of nitrogens with one attached hydrogen (secondary N) is 4. The Labute approximate surface area is 267 Å². The highest BCUT2D eigenvalue weighted by Crippen LogP contribution is 2.27. The number of hydrogen-bond acceptors (Lipinski definition) is 9. The molecule has 0 aromatic carbocycles. The molecular weight excluding hydrogens is 606 g/mol. The molecule has 0 bridgehead atoms. The van der Waals surface area contributed by atoms with E-state index < -0.39 is 77.3 Å². The number of amides is 4. The van der Waals surface area contributed by atoms with E-state index in [9.17, 15) is 39.0 Å². The van der Waals surface area contributed by atoms with Gasteiger partial charge < -0.3 is 42.3 Å². The SMILES string of the molecule is CCC[C@H](NC(=O)C(O)[C@H](CC(C)C)NC(=O)[C@](C)(NC(=O)[C@@H](NC(=O)[C@@H](N)CCC(=O)O)[C@@H](C)CC)c1cccs1)C(=O)O. The number of nitrogens with two attached hydrogens (primary N) is 1. The van der Waals surface area contributed by atoms with Crippen LogP contribution in [0.5, 0.6) is 0 Å². The van der Waals surface area contributed by atoms with Crippen LogP contribution in [0, 0.1) is 11.8 Å². The number of carbonyl (C=O) groups excluding carboxylic acids is 4. The predicted molar refractivity (Wildman–Crippen MR) is 168 cm³/mol. The van der Waals surface area contributed by atoms with E-state index in [-0.39, 0.29) is 31.6 Å². The molecule has 254 valence electrons. The summed E-state index contributed by atoms with van der Waals surface area (Å²) in [6.07, 6.45) is -1.01. The summed E-state index contributed by atoms with van der Waals surface area (Å²) in [5, 5.41) is 41.4. The standard InChI is InChI=1S/C30H49N5O9S/c1-7-10-19(28(42)43)32-27(41)24(38)20(15-16(3)4)33-29(44)30(6,21-11-9-14-45-21)35-26(40)23(17(5)8-2)34-25(39)18(31)12-13-22(36)37/h9,11,14,16-20,23-24,38H,7-8,10,12-13,15,31H2,1-6H3,(H,32,41)(H,33,44)(H,34,39)(H,35,40)(H,36,37)(H,42,43)/t17-,18-,19-,20-,23-,24?,30+/m0/s1. The zero-order valence-corrected chi connectivity index (χ0v) is 27.6. The summed E-state index contributed by atoms with van der Waals surface area (Å²) in [6, 6.07) is -1.34. The first-order valence-electron chi connectivity index (χ1n) is 15.1. The molecule has 0 aliphatic carbocycles. The van der Waals surface area contributed by atoms with Crippen molar-refractivity contribution in [2.45, 2.75) is 116 Å². The van der Waals surface area contributed by atoms with Gasteiger partial charge in [-0.05, 0) is 49.5 Å². The van der Waals surface area contributed by atoms with Gasteiger partial charge in [-0.15, -0.1) is 11.3 Å². The van der Waals surface area contributed by atoms with Crippen LogP contribution in [-0.4, -0.2) is 81.2 Å². The zero-order valence-electron chi connectivity index (χ0n) is 26.8. The molecule has 0 saturated carbocycles. The molecule has 4 amide bonds. The summed E-state index contributed by atoms with van der Waals surface area (Å²) < 4.78 is 0. The molecule has 1 heterocycles. The van der Waals surface area contributed by atoms with Crippen molar-refractivity contribution in [3.8, 4) is 0 Å². The Morgan fingerprint density at radius 1 is 0.956 bits per heavy atom. The van der Waals surface area contributed by atoms with Crippen molar-refractivity contribution >= 4 is 46.9 Å². The average molecular weight is 656 g/mol. The molecule has 0 aliphatic rings. The van der Waals surface area contributed by atoms with E-state index in [1.807, 2.05) is 20.8 Å². The number of aliphatic hydroxyl groups is 1. The van der Waals surface area contributed by atoms with Crippen LogP contribution in [0.3, 0.4) is 0 Å². The monoisotopic (exact) mass is 655 g/mol. The summed E-state index contributed by atoms with van der Waals surface area (Å²) in [5.74, 6) is -5.98. The van der Waals surface area contributed by atoms with Crippen LogP contribution >= 0.6 is 11.3 Å². The maximum absolute atomic E-state index is 14.0. The summed E-state index contributed by atoms with van der Waals surface area (Å²) in [6.45, 7) is 10.4. The summed E-state index contributed by atoms with van der Waals surface area (Å²) in [4.78, 5) is 76.3. The summed E-state index contributed by atoms with van der Waals surface area (Å²) in [7, 11) is 0. The van der Waals surface area contributed by atoms with Gasteiger partial charge in [0.15, 0.2) is 11.6 Å². The van der Waals surface area contributed by atoms with Crippen molar-refractivity contribution in [2.75, 3.05) is 0 Å². The third kappa shape index (κ3) is 12.0. The van der Waals surface area contributed by atoms with Gasteiger partial charge >= 0.3 is 11.9 Å². The topological polar surface area (TPSA) is 237 Å². The maximum Gasteiger partial charge on any atom is 0.326 e. The number of carboxylic acids is 2. The average Bonchev–Trinajstić information content (AvgIpc) is 3.52.